The smallest absolute Gasteiger partial charge is 0.339 e. The molecule has 0 aliphatic carbocycles. The highest BCUT2D eigenvalue weighted by molar-refractivity contribution is 7.13. The quantitative estimate of drug-likeness (QED) is 0.308. The number of pyridine rings is 1. The van der Waals surface area contributed by atoms with Crippen molar-refractivity contribution >= 4 is 28.2 Å². The van der Waals surface area contributed by atoms with Gasteiger partial charge in [-0.1, -0.05) is 78.9 Å². The van der Waals surface area contributed by atoms with Gasteiger partial charge in [-0.2, -0.15) is 0 Å². The first-order valence-corrected chi connectivity index (χ1v) is 10.8. The first kappa shape index (κ1) is 19.2. The second-order valence-corrected chi connectivity index (χ2v) is 7.88. The van der Waals surface area contributed by atoms with Crippen LogP contribution in [0.2, 0.25) is 0 Å². The number of carbonyl (C=O) groups is 1. The van der Waals surface area contributed by atoms with Crippen molar-refractivity contribution in [3.8, 4) is 21.8 Å². The van der Waals surface area contributed by atoms with Crippen LogP contribution < -0.4 is 0 Å². The van der Waals surface area contributed by atoms with Crippen molar-refractivity contribution in [3.05, 3.63) is 108 Å². The number of esters is 1. The third kappa shape index (κ3) is 4.09. The van der Waals surface area contributed by atoms with Crippen LogP contribution in [-0.2, 0) is 11.3 Å². The van der Waals surface area contributed by atoms with Gasteiger partial charge in [0, 0.05) is 21.9 Å². The normalized spacial score (nSPS) is 10.8. The van der Waals surface area contributed by atoms with E-state index in [4.69, 9.17) is 9.72 Å². The lowest BCUT2D eigenvalue weighted by Gasteiger charge is -2.09. The van der Waals surface area contributed by atoms with Gasteiger partial charge in [0.15, 0.2) is 0 Å². The molecular weight excluding hydrogens is 404 g/mol. The molecule has 0 spiro atoms. The molecule has 5 aromatic rings. The third-order valence-corrected chi connectivity index (χ3v) is 5.87. The van der Waals surface area contributed by atoms with Crippen LogP contribution in [0.1, 0.15) is 16.1 Å². The van der Waals surface area contributed by atoms with Gasteiger partial charge in [0.05, 0.1) is 22.5 Å². The number of para-hydroxylation sites is 1. The molecule has 0 aliphatic heterocycles. The van der Waals surface area contributed by atoms with Crippen molar-refractivity contribution in [2.75, 3.05) is 0 Å². The zero-order valence-electron chi connectivity index (χ0n) is 16.6. The van der Waals surface area contributed by atoms with Crippen molar-refractivity contribution < 1.29 is 9.53 Å². The lowest BCUT2D eigenvalue weighted by Crippen LogP contribution is -2.07. The molecule has 0 unspecified atom stereocenters. The number of benzene rings is 3. The fraction of sp³-hybridized carbons (Fsp3) is 0.0385. The van der Waals surface area contributed by atoms with Crippen LogP contribution in [-0.4, -0.2) is 15.9 Å². The van der Waals surface area contributed by atoms with E-state index in [9.17, 15) is 4.79 Å². The van der Waals surface area contributed by atoms with Crippen molar-refractivity contribution in [1.82, 2.24) is 9.97 Å². The van der Waals surface area contributed by atoms with E-state index in [1.807, 2.05) is 90.3 Å². The molecule has 31 heavy (non-hydrogen) atoms. The summed E-state index contributed by atoms with van der Waals surface area (Å²) in [6.07, 6.45) is 0. The lowest BCUT2D eigenvalue weighted by atomic mass is 10.0. The van der Waals surface area contributed by atoms with Gasteiger partial charge in [0.1, 0.15) is 11.6 Å². The van der Waals surface area contributed by atoms with E-state index in [2.05, 4.69) is 4.98 Å². The summed E-state index contributed by atoms with van der Waals surface area (Å²) in [5.74, 6) is -0.384. The first-order chi connectivity index (χ1) is 15.3. The van der Waals surface area contributed by atoms with Crippen molar-refractivity contribution in [2.45, 2.75) is 6.61 Å². The summed E-state index contributed by atoms with van der Waals surface area (Å²) >= 11 is 1.54. The van der Waals surface area contributed by atoms with Gasteiger partial charge in [0.2, 0.25) is 0 Å². The second-order valence-electron chi connectivity index (χ2n) is 7.02. The molecule has 0 saturated heterocycles. The van der Waals surface area contributed by atoms with E-state index in [0.29, 0.717) is 5.56 Å². The fourth-order valence-electron chi connectivity index (χ4n) is 3.40. The Labute approximate surface area is 183 Å². The predicted molar refractivity (Wildman–Crippen MR) is 124 cm³/mol. The molecule has 5 heteroatoms. The summed E-state index contributed by atoms with van der Waals surface area (Å²) < 4.78 is 5.64. The van der Waals surface area contributed by atoms with Crippen molar-refractivity contribution in [3.63, 3.8) is 0 Å². The van der Waals surface area contributed by atoms with Crippen LogP contribution in [0, 0.1) is 0 Å². The van der Waals surface area contributed by atoms with E-state index < -0.39 is 0 Å². The predicted octanol–water partition coefficient (Wildman–Crippen LogP) is 6.38. The molecule has 0 amide bonds. The Kier molecular flexibility index (Phi) is 5.25. The number of aromatic nitrogens is 2. The topological polar surface area (TPSA) is 52.1 Å². The Morgan fingerprint density at radius 3 is 2.26 bits per heavy atom. The average Bonchev–Trinajstić information content (AvgIpc) is 3.32. The molecule has 2 heterocycles. The molecule has 4 nitrogen and oxygen atoms in total. The van der Waals surface area contributed by atoms with Gasteiger partial charge in [-0.15, -0.1) is 11.3 Å². The van der Waals surface area contributed by atoms with Crippen LogP contribution in [0.4, 0.5) is 0 Å². The highest BCUT2D eigenvalue weighted by Crippen LogP contribution is 2.27. The largest absolute Gasteiger partial charge is 0.456 e. The molecular formula is C26H18N2O2S. The number of fused-ring (bicyclic) bond motifs is 1. The zero-order valence-corrected chi connectivity index (χ0v) is 17.4. The molecule has 150 valence electrons. The minimum absolute atomic E-state index is 0.124. The summed E-state index contributed by atoms with van der Waals surface area (Å²) in [5.41, 5.74) is 4.75. The van der Waals surface area contributed by atoms with Gasteiger partial charge in [-0.25, -0.2) is 14.8 Å². The molecule has 3 aromatic carbocycles. The highest BCUT2D eigenvalue weighted by Gasteiger charge is 2.16. The van der Waals surface area contributed by atoms with Gasteiger partial charge in [-0.3, -0.25) is 0 Å². The van der Waals surface area contributed by atoms with Crippen LogP contribution in [0.5, 0.6) is 0 Å². The van der Waals surface area contributed by atoms with Crippen LogP contribution >= 0.6 is 11.3 Å². The Morgan fingerprint density at radius 2 is 1.48 bits per heavy atom. The molecule has 5 rings (SSSR count). The van der Waals surface area contributed by atoms with Gasteiger partial charge in [-0.05, 0) is 12.1 Å². The summed E-state index contributed by atoms with van der Waals surface area (Å²) in [6, 6.07) is 29.2. The summed E-state index contributed by atoms with van der Waals surface area (Å²) in [5, 5.41) is 3.61. The van der Waals surface area contributed by atoms with Gasteiger partial charge >= 0.3 is 5.97 Å². The SMILES string of the molecule is O=C(OCc1csc(-c2ccccc2)n1)c1cc(-c2ccccc2)nc2ccccc12. The second kappa shape index (κ2) is 8.50. The van der Waals surface area contributed by atoms with Crippen molar-refractivity contribution in [1.29, 1.82) is 0 Å². The monoisotopic (exact) mass is 422 g/mol. The molecule has 0 fully saturated rings. The van der Waals surface area contributed by atoms with Gasteiger partial charge < -0.3 is 4.74 Å². The molecule has 0 aliphatic rings. The van der Waals surface area contributed by atoms with Gasteiger partial charge in [0.25, 0.3) is 0 Å². The van der Waals surface area contributed by atoms with Crippen LogP contribution in [0.3, 0.4) is 0 Å². The van der Waals surface area contributed by atoms with E-state index in [1.54, 1.807) is 6.07 Å². The molecule has 0 bridgehead atoms. The number of rotatable bonds is 5. The van der Waals surface area contributed by atoms with Crippen molar-refractivity contribution in [2.24, 2.45) is 0 Å². The van der Waals surface area contributed by atoms with E-state index in [0.717, 1.165) is 38.4 Å². The molecule has 2 aromatic heterocycles. The number of nitrogens with zero attached hydrogens (tertiary/aromatic N) is 2. The third-order valence-electron chi connectivity index (χ3n) is 4.93. The van der Waals surface area contributed by atoms with E-state index in [1.165, 1.54) is 11.3 Å². The number of ether oxygens (including phenoxy) is 1. The number of hydrogen-bond acceptors (Lipinski definition) is 5. The summed E-state index contributed by atoms with van der Waals surface area (Å²) in [4.78, 5) is 22.3. The number of hydrogen-bond donors (Lipinski definition) is 0. The van der Waals surface area contributed by atoms with E-state index in [-0.39, 0.29) is 12.6 Å². The maximum atomic E-state index is 13.0. The Hall–Kier alpha value is -3.83. The fourth-order valence-corrected chi connectivity index (χ4v) is 4.22. The zero-order chi connectivity index (χ0) is 21.0. The van der Waals surface area contributed by atoms with Crippen LogP contribution in [0.15, 0.2) is 96.4 Å². The minimum Gasteiger partial charge on any atom is -0.456 e. The number of carbonyl (C=O) groups excluding carboxylic acids is 1. The molecule has 0 radical (unpaired) electrons. The molecule has 0 N–H and O–H groups in total. The lowest BCUT2D eigenvalue weighted by molar-refractivity contribution is 0.0471. The Balaban J connectivity index is 1.41. The molecule has 0 atom stereocenters. The highest BCUT2D eigenvalue weighted by atomic mass is 32.1. The molecule has 0 saturated carbocycles. The minimum atomic E-state index is -0.384. The standard InChI is InChI=1S/C26H18N2O2S/c29-26(30-16-20-17-31-25(27-20)19-11-5-2-6-12-19)22-15-24(18-9-3-1-4-10-18)28-23-14-8-7-13-21(22)23/h1-15,17H,16H2. The Morgan fingerprint density at radius 1 is 0.806 bits per heavy atom. The number of thiazole rings is 1. The summed E-state index contributed by atoms with van der Waals surface area (Å²) in [6.45, 7) is 0.124. The summed E-state index contributed by atoms with van der Waals surface area (Å²) in [7, 11) is 0. The maximum absolute atomic E-state index is 13.0. The first-order valence-electron chi connectivity index (χ1n) is 9.90. The Bertz CT molecular complexity index is 1350. The van der Waals surface area contributed by atoms with E-state index >= 15 is 0 Å². The average molecular weight is 423 g/mol. The maximum Gasteiger partial charge on any atom is 0.339 e. The van der Waals surface area contributed by atoms with Crippen LogP contribution in [0.25, 0.3) is 32.7 Å².